The summed E-state index contributed by atoms with van der Waals surface area (Å²) in [4.78, 5) is 2.52. The van der Waals surface area contributed by atoms with Crippen molar-refractivity contribution in [3.63, 3.8) is 0 Å². The molecule has 2 aliphatic heterocycles. The molecule has 0 saturated carbocycles. The number of nitrogens with zero attached hydrogens (tertiary/aromatic N) is 1. The van der Waals surface area contributed by atoms with Gasteiger partial charge in [-0.1, -0.05) is 20.8 Å². The van der Waals surface area contributed by atoms with Crippen LogP contribution >= 0.6 is 0 Å². The fourth-order valence-electron chi connectivity index (χ4n) is 4.60. The molecule has 0 amide bonds. The number of halogens is 1. The van der Waals surface area contributed by atoms with Gasteiger partial charge in [-0.05, 0) is 53.9 Å². The van der Waals surface area contributed by atoms with E-state index >= 15 is 0 Å². The van der Waals surface area contributed by atoms with Crippen LogP contribution in [-0.4, -0.2) is 49.6 Å². The number of fused-ring (bicyclic) bond motifs is 3. The lowest BCUT2D eigenvalue weighted by molar-refractivity contribution is -0.0259. The zero-order valence-corrected chi connectivity index (χ0v) is 17.1. The highest BCUT2D eigenvalue weighted by Crippen LogP contribution is 2.44. The second kappa shape index (κ2) is 8.36. The van der Waals surface area contributed by atoms with Gasteiger partial charge in [0, 0.05) is 25.6 Å². The second-order valence-electron chi connectivity index (χ2n) is 9.18. The highest BCUT2D eigenvalue weighted by Gasteiger charge is 2.39. The lowest BCUT2D eigenvalue weighted by Gasteiger charge is -2.47. The molecule has 1 N–H and O–H groups in total. The summed E-state index contributed by atoms with van der Waals surface area (Å²) in [6.07, 6.45) is 2.88. The molecule has 0 bridgehead atoms. The van der Waals surface area contributed by atoms with Crippen molar-refractivity contribution in [2.45, 2.75) is 58.6 Å². The standard InChI is InChI=1S/C22H34FNO3/c1-22(2,3)13-16-14-24-8-6-15-10-21(27-9-5-7-23)20(26-4)11-17(15)18(24)12-19(16)25/h10-11,16,18-19,25H,5-9,12-14H2,1-4H3. The van der Waals surface area contributed by atoms with Gasteiger partial charge in [-0.2, -0.15) is 0 Å². The monoisotopic (exact) mass is 379 g/mol. The largest absolute Gasteiger partial charge is 0.493 e. The van der Waals surface area contributed by atoms with Gasteiger partial charge in [-0.15, -0.1) is 0 Å². The first-order valence-corrected chi connectivity index (χ1v) is 10.1. The molecule has 3 atom stereocenters. The number of methoxy groups -OCH3 is 1. The van der Waals surface area contributed by atoms with Crippen LogP contribution in [0.1, 0.15) is 57.2 Å². The number of alkyl halides is 1. The molecule has 1 fully saturated rings. The molecule has 0 aliphatic carbocycles. The Bertz CT molecular complexity index is 643. The highest BCUT2D eigenvalue weighted by molar-refractivity contribution is 5.49. The van der Waals surface area contributed by atoms with Crippen LogP contribution in [0.25, 0.3) is 0 Å². The van der Waals surface area contributed by atoms with E-state index in [1.165, 1.54) is 11.1 Å². The molecule has 2 aliphatic rings. The molecule has 0 radical (unpaired) electrons. The van der Waals surface area contributed by atoms with Crippen LogP contribution in [0.5, 0.6) is 11.5 Å². The average Bonchev–Trinajstić information content (AvgIpc) is 2.61. The van der Waals surface area contributed by atoms with Crippen molar-refractivity contribution in [2.24, 2.45) is 11.3 Å². The van der Waals surface area contributed by atoms with E-state index in [9.17, 15) is 9.50 Å². The smallest absolute Gasteiger partial charge is 0.161 e. The normalized spacial score (nSPS) is 25.6. The predicted octanol–water partition coefficient (Wildman–Crippen LogP) is 4.15. The summed E-state index contributed by atoms with van der Waals surface area (Å²) >= 11 is 0. The zero-order valence-electron chi connectivity index (χ0n) is 17.1. The Morgan fingerprint density at radius 1 is 1.26 bits per heavy atom. The first-order chi connectivity index (χ1) is 12.8. The summed E-state index contributed by atoms with van der Waals surface area (Å²) < 4.78 is 23.6. The lowest BCUT2D eigenvalue weighted by atomic mass is 9.75. The molecule has 1 saturated heterocycles. The minimum absolute atomic E-state index is 0.223. The van der Waals surface area contributed by atoms with Crippen molar-refractivity contribution in [1.82, 2.24) is 4.90 Å². The minimum atomic E-state index is -0.377. The fourth-order valence-corrected chi connectivity index (χ4v) is 4.60. The van der Waals surface area contributed by atoms with Gasteiger partial charge >= 0.3 is 0 Å². The number of hydrogen-bond acceptors (Lipinski definition) is 4. The molecule has 152 valence electrons. The Morgan fingerprint density at radius 3 is 2.70 bits per heavy atom. The predicted molar refractivity (Wildman–Crippen MR) is 105 cm³/mol. The van der Waals surface area contributed by atoms with E-state index < -0.39 is 0 Å². The summed E-state index contributed by atoms with van der Waals surface area (Å²) in [5.41, 5.74) is 2.72. The quantitative estimate of drug-likeness (QED) is 0.754. The van der Waals surface area contributed by atoms with E-state index in [-0.39, 0.29) is 24.2 Å². The molecule has 1 aromatic rings. The van der Waals surface area contributed by atoms with Crippen molar-refractivity contribution in [3.05, 3.63) is 23.3 Å². The molecular weight excluding hydrogens is 345 g/mol. The lowest BCUT2D eigenvalue weighted by Crippen LogP contribution is -2.48. The molecule has 27 heavy (non-hydrogen) atoms. The van der Waals surface area contributed by atoms with Gasteiger partial charge < -0.3 is 14.6 Å². The number of benzene rings is 1. The number of aliphatic hydroxyl groups excluding tert-OH is 1. The molecule has 3 unspecified atom stereocenters. The van der Waals surface area contributed by atoms with Gasteiger partial charge in [0.05, 0.1) is 26.5 Å². The van der Waals surface area contributed by atoms with Gasteiger partial charge in [-0.3, -0.25) is 9.29 Å². The van der Waals surface area contributed by atoms with Gasteiger partial charge in [0.15, 0.2) is 11.5 Å². The van der Waals surface area contributed by atoms with Gasteiger partial charge in [0.25, 0.3) is 0 Å². The van der Waals surface area contributed by atoms with E-state index in [1.807, 2.05) is 0 Å². The summed E-state index contributed by atoms with van der Waals surface area (Å²) in [5.74, 6) is 1.72. The van der Waals surface area contributed by atoms with Crippen molar-refractivity contribution < 1.29 is 19.0 Å². The number of piperidine rings is 1. The van der Waals surface area contributed by atoms with Crippen molar-refractivity contribution >= 4 is 0 Å². The van der Waals surface area contributed by atoms with Crippen LogP contribution in [0.3, 0.4) is 0 Å². The summed E-state index contributed by atoms with van der Waals surface area (Å²) in [7, 11) is 1.64. The molecule has 1 aromatic carbocycles. The van der Waals surface area contributed by atoms with E-state index in [0.717, 1.165) is 32.4 Å². The maximum absolute atomic E-state index is 12.4. The second-order valence-corrected chi connectivity index (χ2v) is 9.18. The zero-order chi connectivity index (χ0) is 19.6. The van der Waals surface area contributed by atoms with Crippen LogP contribution in [0, 0.1) is 11.3 Å². The summed E-state index contributed by atoms with van der Waals surface area (Å²) in [6, 6.07) is 4.35. The summed E-state index contributed by atoms with van der Waals surface area (Å²) in [6.45, 7) is 8.65. The highest BCUT2D eigenvalue weighted by atomic mass is 19.1. The van der Waals surface area contributed by atoms with Crippen LogP contribution in [-0.2, 0) is 6.42 Å². The van der Waals surface area contributed by atoms with E-state index in [0.29, 0.717) is 30.4 Å². The number of aliphatic hydroxyl groups is 1. The Hall–Kier alpha value is -1.33. The van der Waals surface area contributed by atoms with Crippen molar-refractivity contribution in [2.75, 3.05) is 33.5 Å². The Labute approximate surface area is 162 Å². The molecule has 3 rings (SSSR count). The van der Waals surface area contributed by atoms with Crippen LogP contribution in [0.15, 0.2) is 12.1 Å². The van der Waals surface area contributed by atoms with Crippen LogP contribution < -0.4 is 9.47 Å². The van der Waals surface area contributed by atoms with Gasteiger partial charge in [0.1, 0.15) is 0 Å². The molecule has 0 spiro atoms. The average molecular weight is 380 g/mol. The molecule has 5 heteroatoms. The Kier molecular flexibility index (Phi) is 6.32. The molecule has 4 nitrogen and oxygen atoms in total. The number of ether oxygens (including phenoxy) is 2. The maximum atomic E-state index is 12.4. The fraction of sp³-hybridized carbons (Fsp3) is 0.727. The molecular formula is C22H34FNO3. The van der Waals surface area contributed by atoms with Crippen molar-refractivity contribution in [1.29, 1.82) is 0 Å². The van der Waals surface area contributed by atoms with Gasteiger partial charge in [-0.25, -0.2) is 0 Å². The third kappa shape index (κ3) is 4.75. The third-order valence-electron chi connectivity index (χ3n) is 5.78. The minimum Gasteiger partial charge on any atom is -0.493 e. The maximum Gasteiger partial charge on any atom is 0.161 e. The summed E-state index contributed by atoms with van der Waals surface area (Å²) in [5, 5.41) is 10.8. The molecule has 2 heterocycles. The SMILES string of the molecule is COc1cc2c(cc1OCCCF)CCN1CC(CC(C)(C)C)C(O)CC21. The van der Waals surface area contributed by atoms with E-state index in [2.05, 4.69) is 37.8 Å². The first-order valence-electron chi connectivity index (χ1n) is 10.1. The number of hydrogen-bond donors (Lipinski definition) is 1. The first kappa shape index (κ1) is 20.4. The Balaban J connectivity index is 1.80. The van der Waals surface area contributed by atoms with Crippen molar-refractivity contribution in [3.8, 4) is 11.5 Å². The Morgan fingerprint density at radius 2 is 2.04 bits per heavy atom. The van der Waals surface area contributed by atoms with Crippen LogP contribution in [0.4, 0.5) is 4.39 Å². The van der Waals surface area contributed by atoms with E-state index in [1.54, 1.807) is 7.11 Å². The number of rotatable bonds is 6. The van der Waals surface area contributed by atoms with Crippen LogP contribution in [0.2, 0.25) is 0 Å². The topological polar surface area (TPSA) is 41.9 Å². The van der Waals surface area contributed by atoms with E-state index in [4.69, 9.17) is 9.47 Å². The third-order valence-corrected chi connectivity index (χ3v) is 5.78. The van der Waals surface area contributed by atoms with Gasteiger partial charge in [0.2, 0.25) is 0 Å². The molecule has 0 aromatic heterocycles.